The Morgan fingerprint density at radius 2 is 1.67 bits per heavy atom. The molecule has 0 aliphatic carbocycles. The van der Waals surface area contributed by atoms with Crippen LogP contribution < -0.4 is 5.32 Å². The molecule has 1 N–H and O–H groups in total. The molecule has 0 rings (SSSR count). The molecular formula is C11H22N2O4S. The van der Waals surface area contributed by atoms with Crippen molar-refractivity contribution in [3.63, 3.8) is 0 Å². The minimum atomic E-state index is -4.44. The van der Waals surface area contributed by atoms with Gasteiger partial charge in [0.1, 0.15) is 22.5 Å². The molecule has 7 heteroatoms. The van der Waals surface area contributed by atoms with Crippen LogP contribution in [0.1, 0.15) is 20.8 Å². The van der Waals surface area contributed by atoms with Crippen molar-refractivity contribution in [1.29, 1.82) is 0 Å². The SMILES string of the molecule is C=C(C[N+](CC)(CC)CC)C(=O)NCS(=O)(=O)[O-]. The number of nitrogens with zero attached hydrogens (tertiary/aromatic N) is 1. The molecule has 1 amide bonds. The highest BCUT2D eigenvalue weighted by atomic mass is 32.2. The van der Waals surface area contributed by atoms with Crippen LogP contribution in [0.5, 0.6) is 0 Å². The molecular weight excluding hydrogens is 256 g/mol. The number of hydrogen-bond acceptors (Lipinski definition) is 4. The summed E-state index contributed by atoms with van der Waals surface area (Å²) in [6, 6.07) is 0. The summed E-state index contributed by atoms with van der Waals surface area (Å²) in [7, 11) is -4.44. The van der Waals surface area contributed by atoms with Gasteiger partial charge >= 0.3 is 0 Å². The number of carbonyl (C=O) groups excluding carboxylic acids is 1. The van der Waals surface area contributed by atoms with Crippen molar-refractivity contribution in [3.8, 4) is 0 Å². The van der Waals surface area contributed by atoms with Gasteiger partial charge in [-0.25, -0.2) is 8.42 Å². The van der Waals surface area contributed by atoms with Crippen LogP contribution in [0.2, 0.25) is 0 Å². The van der Waals surface area contributed by atoms with Gasteiger partial charge in [0.15, 0.2) is 0 Å². The lowest BCUT2D eigenvalue weighted by Crippen LogP contribution is -2.50. The van der Waals surface area contributed by atoms with E-state index in [-0.39, 0.29) is 0 Å². The molecule has 0 aliphatic heterocycles. The van der Waals surface area contributed by atoms with E-state index in [0.717, 1.165) is 19.6 Å². The molecule has 0 fully saturated rings. The van der Waals surface area contributed by atoms with Gasteiger partial charge in [0.05, 0.1) is 25.2 Å². The quantitative estimate of drug-likeness (QED) is 0.386. The fraction of sp³-hybridized carbons (Fsp3) is 0.727. The van der Waals surface area contributed by atoms with Gasteiger partial charge in [-0.1, -0.05) is 6.58 Å². The fourth-order valence-electron chi connectivity index (χ4n) is 1.76. The summed E-state index contributed by atoms with van der Waals surface area (Å²) >= 11 is 0. The number of hydrogen-bond donors (Lipinski definition) is 1. The third-order valence-corrected chi connectivity index (χ3v) is 3.77. The largest absolute Gasteiger partial charge is 0.747 e. The summed E-state index contributed by atoms with van der Waals surface area (Å²) < 4.78 is 31.9. The summed E-state index contributed by atoms with van der Waals surface area (Å²) in [4.78, 5) is 11.6. The Hall–Kier alpha value is -0.920. The van der Waals surface area contributed by atoms with Gasteiger partial charge in [0, 0.05) is 0 Å². The van der Waals surface area contributed by atoms with E-state index >= 15 is 0 Å². The summed E-state index contributed by atoms with van der Waals surface area (Å²) in [5.74, 6) is -1.47. The zero-order chi connectivity index (χ0) is 14.4. The molecule has 0 aromatic rings. The lowest BCUT2D eigenvalue weighted by molar-refractivity contribution is -0.918. The van der Waals surface area contributed by atoms with Crippen LogP contribution in [-0.2, 0) is 14.9 Å². The van der Waals surface area contributed by atoms with Crippen molar-refractivity contribution in [2.75, 3.05) is 32.1 Å². The van der Waals surface area contributed by atoms with Crippen LogP contribution in [0.3, 0.4) is 0 Å². The number of nitrogens with one attached hydrogen (secondary N) is 1. The van der Waals surface area contributed by atoms with Crippen LogP contribution in [0.25, 0.3) is 0 Å². The summed E-state index contributed by atoms with van der Waals surface area (Å²) in [6.45, 7) is 12.8. The minimum Gasteiger partial charge on any atom is -0.747 e. The van der Waals surface area contributed by atoms with Gasteiger partial charge in [0.2, 0.25) is 0 Å². The molecule has 18 heavy (non-hydrogen) atoms. The lowest BCUT2D eigenvalue weighted by atomic mass is 10.2. The van der Waals surface area contributed by atoms with Gasteiger partial charge < -0.3 is 14.4 Å². The Kier molecular flexibility index (Phi) is 6.51. The molecule has 0 spiro atoms. The molecule has 0 unspecified atom stereocenters. The van der Waals surface area contributed by atoms with E-state index in [1.165, 1.54) is 0 Å². The second kappa shape index (κ2) is 6.86. The highest BCUT2D eigenvalue weighted by Crippen LogP contribution is 2.09. The van der Waals surface area contributed by atoms with Crippen LogP contribution in [0.4, 0.5) is 0 Å². The normalized spacial score (nSPS) is 12.2. The monoisotopic (exact) mass is 278 g/mol. The van der Waals surface area contributed by atoms with Crippen molar-refractivity contribution in [1.82, 2.24) is 5.32 Å². The number of rotatable bonds is 8. The van der Waals surface area contributed by atoms with Crippen LogP contribution in [-0.4, -0.2) is 55.4 Å². The predicted molar refractivity (Wildman–Crippen MR) is 68.6 cm³/mol. The first-order chi connectivity index (χ1) is 8.19. The molecule has 0 atom stereocenters. The Bertz CT molecular complexity index is 391. The highest BCUT2D eigenvalue weighted by molar-refractivity contribution is 7.85. The smallest absolute Gasteiger partial charge is 0.253 e. The maximum atomic E-state index is 11.6. The van der Waals surface area contributed by atoms with E-state index in [9.17, 15) is 17.8 Å². The molecule has 0 aliphatic rings. The lowest BCUT2D eigenvalue weighted by Gasteiger charge is -2.36. The van der Waals surface area contributed by atoms with E-state index in [1.54, 1.807) is 0 Å². The van der Waals surface area contributed by atoms with Gasteiger partial charge in [-0.2, -0.15) is 0 Å². The van der Waals surface area contributed by atoms with E-state index in [0.29, 0.717) is 16.6 Å². The van der Waals surface area contributed by atoms with E-state index in [1.807, 2.05) is 20.8 Å². The molecule has 0 aromatic carbocycles. The predicted octanol–water partition coefficient (Wildman–Crippen LogP) is 0.0380. The summed E-state index contributed by atoms with van der Waals surface area (Å²) in [5.41, 5.74) is 0.296. The van der Waals surface area contributed by atoms with Gasteiger partial charge in [-0.3, -0.25) is 4.79 Å². The Morgan fingerprint density at radius 1 is 1.22 bits per heavy atom. The van der Waals surface area contributed by atoms with Gasteiger partial charge in [-0.15, -0.1) is 0 Å². The zero-order valence-corrected chi connectivity index (χ0v) is 12.0. The number of quaternary nitrogens is 1. The molecule has 0 radical (unpaired) electrons. The number of amides is 1. The highest BCUT2D eigenvalue weighted by Gasteiger charge is 2.24. The van der Waals surface area contributed by atoms with Crippen LogP contribution >= 0.6 is 0 Å². The van der Waals surface area contributed by atoms with Crippen molar-refractivity contribution in [3.05, 3.63) is 12.2 Å². The van der Waals surface area contributed by atoms with E-state index < -0.39 is 21.9 Å². The minimum absolute atomic E-state index is 0.296. The van der Waals surface area contributed by atoms with Crippen molar-refractivity contribution < 1.29 is 22.2 Å². The fourth-order valence-corrected chi connectivity index (χ4v) is 2.07. The first-order valence-corrected chi connectivity index (χ1v) is 7.52. The average molecular weight is 278 g/mol. The molecule has 0 saturated heterocycles. The topological polar surface area (TPSA) is 86.3 Å². The third-order valence-electron chi connectivity index (χ3n) is 3.27. The first-order valence-electron chi connectivity index (χ1n) is 5.94. The van der Waals surface area contributed by atoms with Crippen molar-refractivity contribution in [2.24, 2.45) is 0 Å². The second-order valence-corrected chi connectivity index (χ2v) is 5.66. The Balaban J connectivity index is 4.53. The molecule has 0 bridgehead atoms. The molecule has 6 nitrogen and oxygen atoms in total. The third kappa shape index (κ3) is 5.61. The van der Waals surface area contributed by atoms with Gasteiger partial charge in [-0.05, 0) is 20.8 Å². The Morgan fingerprint density at radius 3 is 2.00 bits per heavy atom. The summed E-state index contributed by atoms with van der Waals surface area (Å²) in [5, 5.41) is 2.07. The second-order valence-electron chi connectivity index (χ2n) is 4.26. The van der Waals surface area contributed by atoms with Crippen molar-refractivity contribution >= 4 is 16.0 Å². The summed E-state index contributed by atoms with van der Waals surface area (Å²) in [6.07, 6.45) is 0. The zero-order valence-electron chi connectivity index (χ0n) is 11.2. The van der Waals surface area contributed by atoms with Gasteiger partial charge in [0.25, 0.3) is 5.91 Å². The number of carbonyl (C=O) groups is 1. The van der Waals surface area contributed by atoms with Crippen molar-refractivity contribution in [2.45, 2.75) is 20.8 Å². The van der Waals surface area contributed by atoms with Crippen LogP contribution in [0.15, 0.2) is 12.2 Å². The van der Waals surface area contributed by atoms with E-state index in [2.05, 4.69) is 11.9 Å². The molecule has 0 heterocycles. The standard InChI is InChI=1S/C11H22N2O4S/c1-5-13(6-2,7-3)8-10(4)11(14)12-9-18(15,16)17/h4-9H2,1-3H3,(H-,12,14,15,16,17). The average Bonchev–Trinajstić information content (AvgIpc) is 2.32. The number of likely N-dealkylation sites (N-methyl/N-ethyl adjacent to an activating group) is 1. The molecule has 0 aromatic heterocycles. The van der Waals surface area contributed by atoms with Crippen LogP contribution in [0, 0.1) is 0 Å². The Labute approximate surface area is 109 Å². The van der Waals surface area contributed by atoms with E-state index in [4.69, 9.17) is 0 Å². The maximum Gasteiger partial charge on any atom is 0.253 e. The first kappa shape index (κ1) is 17.1. The maximum absolute atomic E-state index is 11.6. The molecule has 0 saturated carbocycles. The molecule has 106 valence electrons.